The lowest BCUT2D eigenvalue weighted by atomic mass is 10.2. The molecule has 3 nitrogen and oxygen atoms in total. The number of aromatic nitrogens is 2. The van der Waals surface area contributed by atoms with Gasteiger partial charge in [-0.05, 0) is 24.5 Å². The van der Waals surface area contributed by atoms with E-state index in [1.807, 2.05) is 23.9 Å². The van der Waals surface area contributed by atoms with Crippen LogP contribution in [-0.2, 0) is 6.42 Å². The number of H-pyrrole nitrogens is 1. The SMILES string of the molecule is CSC(C)Cc1nc2ccc(C#N)cc2[nH]1. The Bertz CT molecular complexity index is 539. The van der Waals surface area contributed by atoms with Crippen molar-refractivity contribution in [2.24, 2.45) is 0 Å². The number of hydrogen-bond acceptors (Lipinski definition) is 3. The molecule has 0 bridgehead atoms. The van der Waals surface area contributed by atoms with E-state index < -0.39 is 0 Å². The van der Waals surface area contributed by atoms with E-state index in [2.05, 4.69) is 29.2 Å². The molecule has 4 heteroatoms. The fourth-order valence-electron chi connectivity index (χ4n) is 1.58. The Morgan fingerprint density at radius 2 is 2.38 bits per heavy atom. The van der Waals surface area contributed by atoms with Crippen molar-refractivity contribution in [3.63, 3.8) is 0 Å². The maximum absolute atomic E-state index is 8.80. The molecule has 1 N–H and O–H groups in total. The summed E-state index contributed by atoms with van der Waals surface area (Å²) in [4.78, 5) is 7.76. The minimum Gasteiger partial charge on any atom is -0.342 e. The van der Waals surface area contributed by atoms with Gasteiger partial charge in [0.1, 0.15) is 5.82 Å². The summed E-state index contributed by atoms with van der Waals surface area (Å²) in [5, 5.41) is 9.35. The largest absolute Gasteiger partial charge is 0.342 e. The summed E-state index contributed by atoms with van der Waals surface area (Å²) in [6, 6.07) is 7.65. The standard InChI is InChI=1S/C12H13N3S/c1-8(16-2)5-12-14-10-4-3-9(7-13)6-11(10)15-12/h3-4,6,8H,5H2,1-2H3,(H,14,15). The maximum atomic E-state index is 8.80. The molecule has 0 saturated carbocycles. The zero-order valence-electron chi connectivity index (χ0n) is 9.32. The molecule has 0 saturated heterocycles. The molecular weight excluding hydrogens is 218 g/mol. The number of nitriles is 1. The molecule has 0 aliphatic heterocycles. The molecule has 0 amide bonds. The van der Waals surface area contributed by atoms with E-state index in [0.717, 1.165) is 23.3 Å². The summed E-state index contributed by atoms with van der Waals surface area (Å²) >= 11 is 1.82. The fraction of sp³-hybridized carbons (Fsp3) is 0.333. The Morgan fingerprint density at radius 1 is 1.56 bits per heavy atom. The molecule has 16 heavy (non-hydrogen) atoms. The van der Waals surface area contributed by atoms with E-state index in [1.165, 1.54) is 0 Å². The van der Waals surface area contributed by atoms with E-state index in [1.54, 1.807) is 6.07 Å². The Balaban J connectivity index is 2.33. The predicted molar refractivity (Wildman–Crippen MR) is 67.5 cm³/mol. The highest BCUT2D eigenvalue weighted by atomic mass is 32.2. The minimum atomic E-state index is 0.552. The highest BCUT2D eigenvalue weighted by molar-refractivity contribution is 7.99. The van der Waals surface area contributed by atoms with Crippen LogP contribution in [0, 0.1) is 11.3 Å². The van der Waals surface area contributed by atoms with Gasteiger partial charge in [-0.15, -0.1) is 0 Å². The Morgan fingerprint density at radius 3 is 3.06 bits per heavy atom. The van der Waals surface area contributed by atoms with Crippen molar-refractivity contribution in [2.75, 3.05) is 6.26 Å². The number of imidazole rings is 1. The summed E-state index contributed by atoms with van der Waals surface area (Å²) < 4.78 is 0. The van der Waals surface area contributed by atoms with Gasteiger partial charge in [0.25, 0.3) is 0 Å². The van der Waals surface area contributed by atoms with E-state index in [9.17, 15) is 0 Å². The van der Waals surface area contributed by atoms with E-state index in [-0.39, 0.29) is 0 Å². The van der Waals surface area contributed by atoms with Crippen LogP contribution in [0.4, 0.5) is 0 Å². The normalized spacial score (nSPS) is 12.6. The van der Waals surface area contributed by atoms with Crippen LogP contribution in [0.15, 0.2) is 18.2 Å². The number of aromatic amines is 1. The third kappa shape index (κ3) is 2.20. The van der Waals surface area contributed by atoms with Crippen LogP contribution >= 0.6 is 11.8 Å². The van der Waals surface area contributed by atoms with Crippen LogP contribution in [0.5, 0.6) is 0 Å². The number of nitrogens with zero attached hydrogens (tertiary/aromatic N) is 2. The Hall–Kier alpha value is -1.47. The van der Waals surface area contributed by atoms with Crippen LogP contribution in [0.3, 0.4) is 0 Å². The Labute approximate surface area is 98.9 Å². The van der Waals surface area contributed by atoms with Gasteiger partial charge < -0.3 is 4.98 Å². The quantitative estimate of drug-likeness (QED) is 0.883. The first kappa shape index (κ1) is 11.0. The van der Waals surface area contributed by atoms with E-state index in [4.69, 9.17) is 5.26 Å². The maximum Gasteiger partial charge on any atom is 0.108 e. The molecule has 0 radical (unpaired) electrons. The second kappa shape index (κ2) is 4.58. The summed E-state index contributed by atoms with van der Waals surface area (Å²) in [5.74, 6) is 0.993. The number of thioether (sulfide) groups is 1. The number of rotatable bonds is 3. The van der Waals surface area contributed by atoms with Crippen LogP contribution in [0.1, 0.15) is 18.3 Å². The molecule has 0 fully saturated rings. The van der Waals surface area contributed by atoms with E-state index in [0.29, 0.717) is 10.8 Å². The molecule has 1 aromatic heterocycles. The number of hydrogen-bond donors (Lipinski definition) is 1. The van der Waals surface area contributed by atoms with Crippen LogP contribution in [0.2, 0.25) is 0 Å². The fourth-order valence-corrected chi connectivity index (χ4v) is 1.91. The lowest BCUT2D eigenvalue weighted by Crippen LogP contribution is -2.01. The van der Waals surface area contributed by atoms with Crippen molar-refractivity contribution in [1.82, 2.24) is 9.97 Å². The average molecular weight is 231 g/mol. The molecule has 2 rings (SSSR count). The van der Waals surface area contributed by atoms with Gasteiger partial charge in [0.15, 0.2) is 0 Å². The lowest BCUT2D eigenvalue weighted by Gasteiger charge is -2.03. The topological polar surface area (TPSA) is 52.5 Å². The number of nitrogens with one attached hydrogen (secondary N) is 1. The third-order valence-electron chi connectivity index (χ3n) is 2.54. The molecule has 1 aromatic carbocycles. The molecule has 1 atom stereocenters. The van der Waals surface area contributed by atoms with Crippen molar-refractivity contribution in [3.05, 3.63) is 29.6 Å². The zero-order valence-corrected chi connectivity index (χ0v) is 10.1. The van der Waals surface area contributed by atoms with Crippen molar-refractivity contribution >= 4 is 22.8 Å². The van der Waals surface area contributed by atoms with Gasteiger partial charge in [-0.3, -0.25) is 0 Å². The summed E-state index contributed by atoms with van der Waals surface area (Å²) in [6.07, 6.45) is 3.03. The molecule has 2 aromatic rings. The van der Waals surface area contributed by atoms with Crippen LogP contribution in [0.25, 0.3) is 11.0 Å². The van der Waals surface area contributed by atoms with Gasteiger partial charge in [0, 0.05) is 11.7 Å². The number of fused-ring (bicyclic) bond motifs is 1. The predicted octanol–water partition coefficient (Wildman–Crippen LogP) is 2.73. The number of benzene rings is 1. The van der Waals surface area contributed by atoms with Gasteiger partial charge in [-0.2, -0.15) is 17.0 Å². The van der Waals surface area contributed by atoms with Crippen molar-refractivity contribution in [3.8, 4) is 6.07 Å². The zero-order chi connectivity index (χ0) is 11.5. The van der Waals surface area contributed by atoms with Gasteiger partial charge in [-0.1, -0.05) is 6.92 Å². The average Bonchev–Trinajstić information content (AvgIpc) is 2.69. The molecule has 0 aliphatic rings. The van der Waals surface area contributed by atoms with Gasteiger partial charge in [0.2, 0.25) is 0 Å². The molecular formula is C12H13N3S. The lowest BCUT2D eigenvalue weighted by molar-refractivity contribution is 0.880. The summed E-state index contributed by atoms with van der Waals surface area (Å²) in [5.41, 5.74) is 2.55. The highest BCUT2D eigenvalue weighted by Gasteiger charge is 2.07. The van der Waals surface area contributed by atoms with Crippen molar-refractivity contribution < 1.29 is 0 Å². The summed E-state index contributed by atoms with van der Waals surface area (Å²) in [7, 11) is 0. The second-order valence-corrected chi connectivity index (χ2v) is 5.05. The second-order valence-electron chi connectivity index (χ2n) is 3.78. The van der Waals surface area contributed by atoms with Gasteiger partial charge in [-0.25, -0.2) is 4.98 Å². The van der Waals surface area contributed by atoms with Crippen molar-refractivity contribution in [1.29, 1.82) is 5.26 Å². The molecule has 0 spiro atoms. The molecule has 82 valence electrons. The Kier molecular flexibility index (Phi) is 3.16. The third-order valence-corrected chi connectivity index (χ3v) is 3.51. The van der Waals surface area contributed by atoms with Crippen molar-refractivity contribution in [2.45, 2.75) is 18.6 Å². The van der Waals surface area contributed by atoms with Gasteiger partial charge in [0.05, 0.1) is 22.7 Å². The van der Waals surface area contributed by atoms with Crippen LogP contribution < -0.4 is 0 Å². The smallest absolute Gasteiger partial charge is 0.108 e. The van der Waals surface area contributed by atoms with E-state index >= 15 is 0 Å². The molecule has 1 heterocycles. The summed E-state index contributed by atoms with van der Waals surface area (Å²) in [6.45, 7) is 2.18. The molecule has 1 unspecified atom stereocenters. The van der Waals surface area contributed by atoms with Crippen LogP contribution in [-0.4, -0.2) is 21.5 Å². The minimum absolute atomic E-state index is 0.552. The first-order valence-corrected chi connectivity index (χ1v) is 6.43. The van der Waals surface area contributed by atoms with Gasteiger partial charge >= 0.3 is 0 Å². The molecule has 0 aliphatic carbocycles. The first-order valence-electron chi connectivity index (χ1n) is 5.14. The highest BCUT2D eigenvalue weighted by Crippen LogP contribution is 2.16. The first-order chi connectivity index (χ1) is 7.72. The monoisotopic (exact) mass is 231 g/mol.